The molecule has 0 saturated carbocycles. The van der Waals surface area contributed by atoms with Gasteiger partial charge in [-0.3, -0.25) is 49.5 Å². The van der Waals surface area contributed by atoms with Gasteiger partial charge in [-0.25, -0.2) is 4.57 Å². The fourth-order valence-corrected chi connectivity index (χ4v) is 3.55. The van der Waals surface area contributed by atoms with Crippen LogP contribution in [0.4, 0.5) is 49.1 Å². The van der Waals surface area contributed by atoms with Crippen LogP contribution in [0.3, 0.4) is 0 Å². The monoisotopic (exact) mass is 594 g/mol. The minimum absolute atomic E-state index is 0.135. The van der Waals surface area contributed by atoms with Gasteiger partial charge in [0.2, 0.25) is 0 Å². The van der Waals surface area contributed by atoms with Crippen LogP contribution in [0, 0.1) is 40.5 Å². The second-order valence-electron chi connectivity index (χ2n) is 7.03. The molecular weight excluding hydrogens is 585 g/mol. The summed E-state index contributed by atoms with van der Waals surface area (Å²) in [4.78, 5) is 48.6. The quantitative estimate of drug-likeness (QED) is 0.162. The predicted molar refractivity (Wildman–Crippen MR) is 109 cm³/mol. The summed E-state index contributed by atoms with van der Waals surface area (Å²) in [5, 5.41) is 44.8. The SMILES string of the molecule is O=[N+]([O-])c1cc(C(F)(F)F)cc([N+](=O)[O-])c1COP(=O)(O)OCc1c([N+](=O)[O-])cc(C(F)(F)F)cc1[N+](=O)[O-]. The van der Waals surface area contributed by atoms with Crippen LogP contribution in [0.5, 0.6) is 0 Å². The van der Waals surface area contributed by atoms with Gasteiger partial charge in [-0.05, 0) is 0 Å². The van der Waals surface area contributed by atoms with Crippen molar-refractivity contribution >= 4 is 30.6 Å². The first kappa shape index (κ1) is 31.0. The maximum Gasteiger partial charge on any atom is 0.472 e. The summed E-state index contributed by atoms with van der Waals surface area (Å²) in [5.74, 6) is 0. The Labute approximate surface area is 208 Å². The number of rotatable bonds is 10. The average Bonchev–Trinajstić information content (AvgIpc) is 2.78. The third-order valence-electron chi connectivity index (χ3n) is 4.59. The van der Waals surface area contributed by atoms with Crippen LogP contribution < -0.4 is 0 Å². The molecule has 16 nitrogen and oxygen atoms in total. The van der Waals surface area contributed by atoms with E-state index in [4.69, 9.17) is 0 Å². The van der Waals surface area contributed by atoms with E-state index in [-0.39, 0.29) is 24.3 Å². The van der Waals surface area contributed by atoms with E-state index in [2.05, 4.69) is 9.05 Å². The van der Waals surface area contributed by atoms with Gasteiger partial charge in [0.1, 0.15) is 11.1 Å². The molecule has 0 radical (unpaired) electrons. The Morgan fingerprint density at radius 1 is 0.641 bits per heavy atom. The maximum atomic E-state index is 13.0. The molecule has 2 aromatic rings. The van der Waals surface area contributed by atoms with Crippen LogP contribution in [-0.4, -0.2) is 24.6 Å². The van der Waals surface area contributed by atoms with Crippen molar-refractivity contribution in [1.82, 2.24) is 0 Å². The van der Waals surface area contributed by atoms with Crippen LogP contribution in [0.2, 0.25) is 0 Å². The molecule has 0 unspecified atom stereocenters. The molecule has 0 heterocycles. The van der Waals surface area contributed by atoms with Crippen molar-refractivity contribution in [2.45, 2.75) is 25.6 Å². The smallest absolute Gasteiger partial charge is 0.302 e. The van der Waals surface area contributed by atoms with Gasteiger partial charge in [-0.15, -0.1) is 0 Å². The summed E-state index contributed by atoms with van der Waals surface area (Å²) in [6.45, 7) is -3.26. The lowest BCUT2D eigenvalue weighted by atomic mass is 10.1. The summed E-state index contributed by atoms with van der Waals surface area (Å²) in [6.07, 6.45) is -10.6. The zero-order valence-electron chi connectivity index (χ0n) is 18.2. The Morgan fingerprint density at radius 3 is 1.05 bits per heavy atom. The Balaban J connectivity index is 2.45. The summed E-state index contributed by atoms with van der Waals surface area (Å²) in [7, 11) is -5.65. The lowest BCUT2D eigenvalue weighted by Gasteiger charge is -2.14. The van der Waals surface area contributed by atoms with Crippen LogP contribution in [0.25, 0.3) is 0 Å². The van der Waals surface area contributed by atoms with Crippen LogP contribution in [0.1, 0.15) is 22.3 Å². The van der Waals surface area contributed by atoms with Gasteiger partial charge in [-0.2, -0.15) is 26.3 Å². The second-order valence-corrected chi connectivity index (χ2v) is 8.48. The van der Waals surface area contributed by atoms with Crippen molar-refractivity contribution in [2.24, 2.45) is 0 Å². The number of hydrogen-bond donors (Lipinski definition) is 1. The number of alkyl halides is 6. The highest BCUT2D eigenvalue weighted by Crippen LogP contribution is 2.48. The van der Waals surface area contributed by atoms with Gasteiger partial charge in [0.05, 0.1) is 44.0 Å². The fourth-order valence-electron chi connectivity index (χ4n) is 2.89. The second kappa shape index (κ2) is 10.8. The molecule has 0 fully saturated rings. The molecule has 0 aliphatic carbocycles. The zero-order valence-corrected chi connectivity index (χ0v) is 19.1. The van der Waals surface area contributed by atoms with E-state index in [0.717, 1.165) is 0 Å². The largest absolute Gasteiger partial charge is 0.472 e. The summed E-state index contributed by atoms with van der Waals surface area (Å²) < 4.78 is 98.7. The van der Waals surface area contributed by atoms with Crippen molar-refractivity contribution in [3.8, 4) is 0 Å². The van der Waals surface area contributed by atoms with E-state index in [0.29, 0.717) is 0 Å². The van der Waals surface area contributed by atoms with Crippen molar-refractivity contribution < 1.29 is 64.5 Å². The third kappa shape index (κ3) is 7.40. The molecule has 0 amide bonds. The Hall–Kier alpha value is -4.27. The first-order chi connectivity index (χ1) is 17.7. The molecule has 212 valence electrons. The molecule has 2 aromatic carbocycles. The van der Waals surface area contributed by atoms with Crippen LogP contribution >= 0.6 is 7.82 Å². The topological polar surface area (TPSA) is 228 Å². The predicted octanol–water partition coefficient (Wildman–Crippen LogP) is 5.19. The molecule has 0 aromatic heterocycles. The van der Waals surface area contributed by atoms with Gasteiger partial charge in [0, 0.05) is 24.3 Å². The Bertz CT molecular complexity index is 1240. The molecule has 2 rings (SSSR count). The molecule has 1 N–H and O–H groups in total. The summed E-state index contributed by atoms with van der Waals surface area (Å²) in [5.41, 5.74) is -12.4. The van der Waals surface area contributed by atoms with Gasteiger partial charge < -0.3 is 4.89 Å². The molecule has 39 heavy (non-hydrogen) atoms. The number of phosphoric acid groups is 1. The highest BCUT2D eigenvalue weighted by atomic mass is 31.2. The summed E-state index contributed by atoms with van der Waals surface area (Å²) in [6, 6.07) is -0.541. The molecular formula is C16H9F6N4O12P. The number of benzene rings is 2. The van der Waals surface area contributed by atoms with E-state index >= 15 is 0 Å². The van der Waals surface area contributed by atoms with E-state index in [1.54, 1.807) is 0 Å². The van der Waals surface area contributed by atoms with Crippen molar-refractivity contribution in [2.75, 3.05) is 0 Å². The number of nitro benzene ring substituents is 4. The van der Waals surface area contributed by atoms with E-state index in [1.165, 1.54) is 0 Å². The minimum atomic E-state index is -5.65. The number of halogens is 6. The molecule has 0 saturated heterocycles. The molecule has 23 heteroatoms. The number of nitro groups is 4. The molecule has 0 bridgehead atoms. The minimum Gasteiger partial charge on any atom is -0.302 e. The normalized spacial score (nSPS) is 12.3. The highest BCUT2D eigenvalue weighted by molar-refractivity contribution is 7.47. The fraction of sp³-hybridized carbons (Fsp3) is 0.250. The Kier molecular flexibility index (Phi) is 8.60. The zero-order chi connectivity index (χ0) is 30.1. The standard InChI is InChI=1S/C16H9F6N4O12P/c17-15(18,19)7-1-11(23(27)28)9(12(2-7)24(29)30)5-37-39(35,36)38-6-10-13(25(31)32)3-8(16(20,21)22)4-14(10)26(33)34/h1-4H,5-6H2,(H,35,36). The van der Waals surface area contributed by atoms with Gasteiger partial charge >= 0.3 is 20.2 Å². The molecule has 0 atom stereocenters. The maximum absolute atomic E-state index is 13.0. The number of hydrogen-bond acceptors (Lipinski definition) is 11. The van der Waals surface area contributed by atoms with E-state index < -0.39 is 98.1 Å². The summed E-state index contributed by atoms with van der Waals surface area (Å²) >= 11 is 0. The van der Waals surface area contributed by atoms with Crippen molar-refractivity contribution in [3.05, 3.63) is 87.0 Å². The average molecular weight is 594 g/mol. The lowest BCUT2D eigenvalue weighted by molar-refractivity contribution is -0.396. The highest BCUT2D eigenvalue weighted by Gasteiger charge is 2.40. The number of phosphoric ester groups is 1. The van der Waals surface area contributed by atoms with Crippen LogP contribution in [0.15, 0.2) is 24.3 Å². The molecule has 0 aliphatic heterocycles. The lowest BCUT2D eigenvalue weighted by Crippen LogP contribution is -2.11. The van der Waals surface area contributed by atoms with E-state index in [1.807, 2.05) is 0 Å². The first-order valence-electron chi connectivity index (χ1n) is 9.33. The first-order valence-corrected chi connectivity index (χ1v) is 10.8. The van der Waals surface area contributed by atoms with Crippen LogP contribution in [-0.2, 0) is 39.2 Å². The van der Waals surface area contributed by atoms with Gasteiger partial charge in [0.25, 0.3) is 22.7 Å². The third-order valence-corrected chi connectivity index (χ3v) is 5.50. The Morgan fingerprint density at radius 2 is 0.872 bits per heavy atom. The van der Waals surface area contributed by atoms with Gasteiger partial charge in [0.15, 0.2) is 0 Å². The van der Waals surface area contributed by atoms with Crippen molar-refractivity contribution in [1.29, 1.82) is 0 Å². The van der Waals surface area contributed by atoms with Crippen molar-refractivity contribution in [3.63, 3.8) is 0 Å². The molecule has 0 aliphatic rings. The van der Waals surface area contributed by atoms with Gasteiger partial charge in [-0.1, -0.05) is 0 Å². The molecule has 0 spiro atoms. The van der Waals surface area contributed by atoms with E-state index in [9.17, 15) is 76.3 Å². The number of nitrogens with zero attached hydrogens (tertiary/aromatic N) is 4.